The van der Waals surface area contributed by atoms with Crippen LogP contribution >= 0.6 is 23.4 Å². The van der Waals surface area contributed by atoms with Gasteiger partial charge in [0.15, 0.2) is 0 Å². The van der Waals surface area contributed by atoms with E-state index in [1.165, 1.54) is 0 Å². The van der Waals surface area contributed by atoms with Crippen molar-refractivity contribution in [2.75, 3.05) is 12.3 Å². The van der Waals surface area contributed by atoms with E-state index in [4.69, 9.17) is 22.1 Å². The fraction of sp³-hybridized carbons (Fsp3) is 0.200. The summed E-state index contributed by atoms with van der Waals surface area (Å²) in [5.74, 6) is 0.818. The van der Waals surface area contributed by atoms with Gasteiger partial charge in [0.1, 0.15) is 5.75 Å². The van der Waals surface area contributed by atoms with E-state index in [0.717, 1.165) is 27.0 Å². The first-order chi connectivity index (χ1) is 9.17. The quantitative estimate of drug-likeness (QED) is 0.799. The second kappa shape index (κ2) is 6.73. The third-order valence-electron chi connectivity index (χ3n) is 2.42. The van der Waals surface area contributed by atoms with Crippen LogP contribution < -0.4 is 10.5 Å². The van der Waals surface area contributed by atoms with Crippen LogP contribution in [0, 0.1) is 0 Å². The second-order valence-corrected chi connectivity index (χ2v) is 5.73. The molecule has 0 aliphatic rings. The molecule has 0 aromatic heterocycles. The number of benzene rings is 2. The predicted molar refractivity (Wildman–Crippen MR) is 82.2 cm³/mol. The Morgan fingerprint density at radius 2 is 1.84 bits per heavy atom. The van der Waals surface area contributed by atoms with Crippen molar-refractivity contribution in [3.63, 3.8) is 0 Å². The van der Waals surface area contributed by atoms with Crippen LogP contribution in [0.15, 0.2) is 52.3 Å². The van der Waals surface area contributed by atoms with Crippen LogP contribution in [0.4, 0.5) is 5.69 Å². The highest BCUT2D eigenvalue weighted by Gasteiger charge is 2.03. The van der Waals surface area contributed by atoms with E-state index in [2.05, 4.69) is 6.92 Å². The van der Waals surface area contributed by atoms with Gasteiger partial charge in [0, 0.05) is 26.6 Å². The standard InChI is InChI=1S/C15H16ClNOS/c1-2-7-18-13-8-12(17)9-15(10-13)19-14-5-3-11(16)4-6-14/h3-6,8-10H,2,7,17H2,1H3. The number of rotatable bonds is 5. The molecule has 0 amide bonds. The molecule has 0 atom stereocenters. The first-order valence-electron chi connectivity index (χ1n) is 6.14. The summed E-state index contributed by atoms with van der Waals surface area (Å²) in [7, 11) is 0. The highest BCUT2D eigenvalue weighted by molar-refractivity contribution is 7.99. The number of hydrogen-bond donors (Lipinski definition) is 1. The molecule has 2 aromatic rings. The third-order valence-corrected chi connectivity index (χ3v) is 3.66. The number of hydrogen-bond acceptors (Lipinski definition) is 3. The molecule has 2 aromatic carbocycles. The smallest absolute Gasteiger partial charge is 0.122 e. The summed E-state index contributed by atoms with van der Waals surface area (Å²) in [4.78, 5) is 2.19. The maximum absolute atomic E-state index is 5.89. The van der Waals surface area contributed by atoms with E-state index in [9.17, 15) is 0 Å². The number of nitrogens with two attached hydrogens (primary N) is 1. The van der Waals surface area contributed by atoms with Crippen LogP contribution in [0.5, 0.6) is 5.75 Å². The summed E-state index contributed by atoms with van der Waals surface area (Å²) in [6.07, 6.45) is 0.981. The molecule has 2 nitrogen and oxygen atoms in total. The molecule has 0 saturated carbocycles. The Balaban J connectivity index is 2.15. The van der Waals surface area contributed by atoms with Gasteiger partial charge in [0.2, 0.25) is 0 Å². The van der Waals surface area contributed by atoms with Gasteiger partial charge in [-0.25, -0.2) is 0 Å². The summed E-state index contributed by atoms with van der Waals surface area (Å²) < 4.78 is 5.62. The molecular weight excluding hydrogens is 278 g/mol. The van der Waals surface area contributed by atoms with Gasteiger partial charge in [-0.3, -0.25) is 0 Å². The van der Waals surface area contributed by atoms with Crippen LogP contribution in [0.2, 0.25) is 5.02 Å². The summed E-state index contributed by atoms with van der Waals surface area (Å²) in [5, 5.41) is 0.740. The summed E-state index contributed by atoms with van der Waals surface area (Å²) in [5.41, 5.74) is 6.61. The molecule has 100 valence electrons. The van der Waals surface area contributed by atoms with Crippen molar-refractivity contribution in [3.8, 4) is 5.75 Å². The van der Waals surface area contributed by atoms with Crippen molar-refractivity contribution >= 4 is 29.1 Å². The summed E-state index contributed by atoms with van der Waals surface area (Å²) in [6, 6.07) is 13.5. The van der Waals surface area contributed by atoms with Crippen molar-refractivity contribution in [1.82, 2.24) is 0 Å². The van der Waals surface area contributed by atoms with E-state index in [0.29, 0.717) is 12.3 Å². The number of ether oxygens (including phenoxy) is 1. The van der Waals surface area contributed by atoms with Crippen molar-refractivity contribution in [2.24, 2.45) is 0 Å². The lowest BCUT2D eigenvalue weighted by atomic mass is 10.3. The topological polar surface area (TPSA) is 35.2 Å². The Hall–Kier alpha value is -1.32. The van der Waals surface area contributed by atoms with E-state index in [1.807, 2.05) is 42.5 Å². The lowest BCUT2D eigenvalue weighted by Gasteiger charge is -2.08. The average molecular weight is 294 g/mol. The van der Waals surface area contributed by atoms with Gasteiger partial charge in [-0.1, -0.05) is 30.3 Å². The van der Waals surface area contributed by atoms with Crippen molar-refractivity contribution in [2.45, 2.75) is 23.1 Å². The molecule has 2 N–H and O–H groups in total. The number of halogens is 1. The van der Waals surface area contributed by atoms with Gasteiger partial charge >= 0.3 is 0 Å². The van der Waals surface area contributed by atoms with Gasteiger partial charge < -0.3 is 10.5 Å². The zero-order valence-corrected chi connectivity index (χ0v) is 12.3. The molecule has 0 aliphatic heterocycles. The van der Waals surface area contributed by atoms with Crippen LogP contribution in [0.25, 0.3) is 0 Å². The van der Waals surface area contributed by atoms with Gasteiger partial charge in [-0.2, -0.15) is 0 Å². The first-order valence-corrected chi connectivity index (χ1v) is 7.33. The summed E-state index contributed by atoms with van der Waals surface area (Å²) >= 11 is 7.51. The molecule has 2 rings (SSSR count). The Bertz CT molecular complexity index is 542. The normalized spacial score (nSPS) is 10.4. The first kappa shape index (κ1) is 14.1. The van der Waals surface area contributed by atoms with Crippen molar-refractivity contribution < 1.29 is 4.74 Å². The molecule has 19 heavy (non-hydrogen) atoms. The number of anilines is 1. The molecule has 0 saturated heterocycles. The maximum Gasteiger partial charge on any atom is 0.122 e. The molecule has 0 unspecified atom stereocenters. The van der Waals surface area contributed by atoms with Crippen molar-refractivity contribution in [1.29, 1.82) is 0 Å². The monoisotopic (exact) mass is 293 g/mol. The fourth-order valence-corrected chi connectivity index (χ4v) is 2.64. The average Bonchev–Trinajstić information content (AvgIpc) is 2.38. The molecule has 0 aliphatic carbocycles. The lowest BCUT2D eigenvalue weighted by molar-refractivity contribution is 0.317. The minimum absolute atomic E-state index is 0.703. The largest absolute Gasteiger partial charge is 0.493 e. The van der Waals surface area contributed by atoms with Crippen molar-refractivity contribution in [3.05, 3.63) is 47.5 Å². The van der Waals surface area contributed by atoms with E-state index < -0.39 is 0 Å². The fourth-order valence-electron chi connectivity index (χ4n) is 1.59. The predicted octanol–water partition coefficient (Wildman–Crippen LogP) is 4.86. The zero-order valence-electron chi connectivity index (χ0n) is 10.7. The second-order valence-electron chi connectivity index (χ2n) is 4.14. The van der Waals surface area contributed by atoms with Crippen LogP contribution in [0.1, 0.15) is 13.3 Å². The molecular formula is C15H16ClNOS. The molecule has 0 bridgehead atoms. The Morgan fingerprint density at radius 1 is 1.11 bits per heavy atom. The van der Waals surface area contributed by atoms with Crippen LogP contribution in [0.3, 0.4) is 0 Å². The highest BCUT2D eigenvalue weighted by atomic mass is 35.5. The summed E-state index contributed by atoms with van der Waals surface area (Å²) in [6.45, 7) is 2.78. The highest BCUT2D eigenvalue weighted by Crippen LogP contribution is 2.32. The Morgan fingerprint density at radius 3 is 2.53 bits per heavy atom. The van der Waals surface area contributed by atoms with Gasteiger partial charge in [0.05, 0.1) is 6.61 Å². The molecule has 0 heterocycles. The van der Waals surface area contributed by atoms with Gasteiger partial charge in [-0.05, 0) is 42.8 Å². The lowest BCUT2D eigenvalue weighted by Crippen LogP contribution is -1.96. The molecule has 0 fully saturated rings. The molecule has 4 heteroatoms. The molecule has 0 spiro atoms. The Kier molecular flexibility index (Phi) is 5.00. The van der Waals surface area contributed by atoms with E-state index in [-0.39, 0.29) is 0 Å². The Labute approximate surface area is 122 Å². The van der Waals surface area contributed by atoms with E-state index in [1.54, 1.807) is 11.8 Å². The SMILES string of the molecule is CCCOc1cc(N)cc(Sc2ccc(Cl)cc2)c1. The van der Waals surface area contributed by atoms with Crippen LogP contribution in [-0.2, 0) is 0 Å². The van der Waals surface area contributed by atoms with Gasteiger partial charge in [-0.15, -0.1) is 0 Å². The number of nitrogen functional groups attached to an aromatic ring is 1. The third kappa shape index (κ3) is 4.37. The zero-order chi connectivity index (χ0) is 13.7. The van der Waals surface area contributed by atoms with E-state index >= 15 is 0 Å². The molecule has 0 radical (unpaired) electrons. The minimum atomic E-state index is 0.703. The minimum Gasteiger partial charge on any atom is -0.493 e. The van der Waals surface area contributed by atoms with Gasteiger partial charge in [0.25, 0.3) is 0 Å². The maximum atomic E-state index is 5.89. The van der Waals surface area contributed by atoms with Crippen LogP contribution in [-0.4, -0.2) is 6.61 Å².